The first-order chi connectivity index (χ1) is 15.1. The predicted octanol–water partition coefficient (Wildman–Crippen LogP) is 2.50. The molecule has 0 bridgehead atoms. The summed E-state index contributed by atoms with van der Waals surface area (Å²) in [5.41, 5.74) is 0.146. The Labute approximate surface area is 182 Å². The van der Waals surface area contributed by atoms with Crippen LogP contribution in [0.5, 0.6) is 28.7 Å². The molecule has 0 amide bonds. The zero-order chi connectivity index (χ0) is 23.6. The zero-order valence-corrected chi connectivity index (χ0v) is 17.7. The molecule has 3 rings (SSSR count). The minimum absolute atomic E-state index is 0.0333. The minimum Gasteiger partial charge on any atom is -0.507 e. The molecule has 1 heterocycles. The summed E-state index contributed by atoms with van der Waals surface area (Å²) in [4.78, 5) is 47.4. The van der Waals surface area contributed by atoms with E-state index in [2.05, 4.69) is 0 Å². The van der Waals surface area contributed by atoms with Crippen LogP contribution in [0.1, 0.15) is 42.8 Å². The fraction of sp³-hybridized carbons (Fsp3) is 0.273. The molecular formula is C22H20O10. The van der Waals surface area contributed by atoms with Gasteiger partial charge in [0.05, 0.1) is 7.11 Å². The van der Waals surface area contributed by atoms with Crippen molar-refractivity contribution in [3.63, 3.8) is 0 Å². The number of methoxy groups -OCH3 is 1. The van der Waals surface area contributed by atoms with Crippen molar-refractivity contribution < 1.29 is 48.0 Å². The quantitative estimate of drug-likeness (QED) is 0.541. The molecule has 2 atom stereocenters. The highest BCUT2D eigenvalue weighted by molar-refractivity contribution is 6.06. The van der Waals surface area contributed by atoms with Crippen molar-refractivity contribution in [2.45, 2.75) is 33.0 Å². The number of ether oxygens (including phenoxy) is 5. The Balaban J connectivity index is 2.09. The van der Waals surface area contributed by atoms with Gasteiger partial charge in [0.25, 0.3) is 0 Å². The van der Waals surface area contributed by atoms with Crippen molar-refractivity contribution in [3.05, 3.63) is 41.5 Å². The molecule has 0 unspecified atom stereocenters. The van der Waals surface area contributed by atoms with Crippen molar-refractivity contribution >= 4 is 23.7 Å². The van der Waals surface area contributed by atoms with Crippen molar-refractivity contribution in [1.82, 2.24) is 0 Å². The first-order valence-electron chi connectivity index (χ1n) is 9.40. The number of phenols is 1. The topological polar surface area (TPSA) is 135 Å². The lowest BCUT2D eigenvalue weighted by molar-refractivity contribution is -0.149. The van der Waals surface area contributed by atoms with E-state index in [9.17, 15) is 24.3 Å². The monoisotopic (exact) mass is 444 g/mol. The van der Waals surface area contributed by atoms with Crippen LogP contribution < -0.4 is 18.9 Å². The molecule has 10 heteroatoms. The van der Waals surface area contributed by atoms with Gasteiger partial charge in [0.15, 0.2) is 17.6 Å². The molecule has 0 saturated heterocycles. The summed E-state index contributed by atoms with van der Waals surface area (Å²) in [7, 11) is 1.36. The van der Waals surface area contributed by atoms with E-state index in [0.717, 1.165) is 13.0 Å². The normalized spacial score (nSPS) is 16.9. The number of phenolic OH excluding ortho intramolecular Hbond substituents is 1. The Bertz CT molecular complexity index is 1100. The minimum atomic E-state index is -1.42. The number of esters is 3. The first kappa shape index (κ1) is 22.6. The average Bonchev–Trinajstić information content (AvgIpc) is 2.68. The van der Waals surface area contributed by atoms with Crippen LogP contribution in [-0.4, -0.2) is 42.0 Å². The number of fused-ring (bicyclic) bond motifs is 1. The van der Waals surface area contributed by atoms with E-state index >= 15 is 0 Å². The van der Waals surface area contributed by atoms with Gasteiger partial charge in [0.2, 0.25) is 11.9 Å². The molecule has 32 heavy (non-hydrogen) atoms. The number of aromatic hydroxyl groups is 1. The highest BCUT2D eigenvalue weighted by Gasteiger charge is 2.43. The number of carbonyl (C=O) groups is 4. The molecule has 1 N–H and O–H groups in total. The third kappa shape index (κ3) is 4.64. The Morgan fingerprint density at radius 1 is 0.938 bits per heavy atom. The summed E-state index contributed by atoms with van der Waals surface area (Å²) in [5, 5.41) is 10.3. The maximum absolute atomic E-state index is 13.1. The second-order valence-corrected chi connectivity index (χ2v) is 6.85. The van der Waals surface area contributed by atoms with E-state index in [1.54, 1.807) is 0 Å². The van der Waals surface area contributed by atoms with Gasteiger partial charge in [-0.05, 0) is 12.1 Å². The Morgan fingerprint density at radius 3 is 2.22 bits per heavy atom. The summed E-state index contributed by atoms with van der Waals surface area (Å²) in [6.45, 7) is 3.55. The van der Waals surface area contributed by atoms with Gasteiger partial charge in [-0.25, -0.2) is 0 Å². The number of hydrogen-bond donors (Lipinski definition) is 1. The van der Waals surface area contributed by atoms with E-state index in [1.807, 2.05) is 0 Å². The van der Waals surface area contributed by atoms with Crippen LogP contribution in [0.2, 0.25) is 0 Å². The van der Waals surface area contributed by atoms with Crippen LogP contribution in [0.25, 0.3) is 0 Å². The van der Waals surface area contributed by atoms with Gasteiger partial charge in [0.1, 0.15) is 22.8 Å². The Hall–Kier alpha value is -4.08. The van der Waals surface area contributed by atoms with E-state index in [0.29, 0.717) is 5.56 Å². The number of Topliss-reactive ketones (excluding diaryl/α,β-unsaturated/α-hetero) is 1. The largest absolute Gasteiger partial charge is 0.507 e. The summed E-state index contributed by atoms with van der Waals surface area (Å²) < 4.78 is 26.4. The highest BCUT2D eigenvalue weighted by Crippen LogP contribution is 2.44. The molecule has 0 radical (unpaired) electrons. The summed E-state index contributed by atoms with van der Waals surface area (Å²) >= 11 is 0. The van der Waals surface area contributed by atoms with Gasteiger partial charge in [0, 0.05) is 38.5 Å². The van der Waals surface area contributed by atoms with Gasteiger partial charge in [-0.1, -0.05) is 6.07 Å². The number of rotatable bonds is 5. The molecule has 2 aromatic carbocycles. The van der Waals surface area contributed by atoms with Crippen LogP contribution in [0.4, 0.5) is 0 Å². The smallest absolute Gasteiger partial charge is 0.308 e. The lowest BCUT2D eigenvalue weighted by Gasteiger charge is -2.32. The summed E-state index contributed by atoms with van der Waals surface area (Å²) in [6.07, 6.45) is -2.55. The van der Waals surface area contributed by atoms with E-state index < -0.39 is 41.6 Å². The predicted molar refractivity (Wildman–Crippen MR) is 107 cm³/mol. The third-order valence-corrected chi connectivity index (χ3v) is 4.41. The van der Waals surface area contributed by atoms with Crippen molar-refractivity contribution in [3.8, 4) is 28.7 Å². The van der Waals surface area contributed by atoms with Crippen LogP contribution in [0.3, 0.4) is 0 Å². The standard InChI is InChI=1S/C22H20O10/c1-10(23)29-14-8-15(26)19-18(9-14)32-21(22(20(19)27)31-12(3)25)13-5-6-16(30-11(2)24)17(7-13)28-4/h5-9,21-22,26H,1-4H3/t21-,22+/m0/s1. The third-order valence-electron chi connectivity index (χ3n) is 4.41. The number of ketones is 1. The molecule has 1 aliphatic heterocycles. The van der Waals surface area contributed by atoms with Crippen LogP contribution in [0, 0.1) is 0 Å². The first-order valence-corrected chi connectivity index (χ1v) is 9.40. The molecule has 1 aliphatic rings. The fourth-order valence-electron chi connectivity index (χ4n) is 3.26. The zero-order valence-electron chi connectivity index (χ0n) is 17.7. The van der Waals surface area contributed by atoms with Crippen molar-refractivity contribution in [1.29, 1.82) is 0 Å². The maximum Gasteiger partial charge on any atom is 0.308 e. The van der Waals surface area contributed by atoms with Crippen LogP contribution in [-0.2, 0) is 19.1 Å². The highest BCUT2D eigenvalue weighted by atomic mass is 16.6. The molecule has 0 saturated carbocycles. The molecule has 0 aromatic heterocycles. The molecule has 168 valence electrons. The molecule has 0 fully saturated rings. The lowest BCUT2D eigenvalue weighted by atomic mass is 9.92. The SMILES string of the molecule is COc1cc([C@@H]2Oc3cc(OC(C)=O)cc(O)c3C(=O)[C@H]2OC(C)=O)ccc1OC(C)=O. The van der Waals surface area contributed by atoms with Gasteiger partial charge in [-0.2, -0.15) is 0 Å². The van der Waals surface area contributed by atoms with Gasteiger partial charge in [-0.15, -0.1) is 0 Å². The maximum atomic E-state index is 13.1. The molecular weight excluding hydrogens is 424 g/mol. The van der Waals surface area contributed by atoms with E-state index in [4.69, 9.17) is 23.7 Å². The molecule has 10 nitrogen and oxygen atoms in total. The Kier molecular flexibility index (Phi) is 6.33. The van der Waals surface area contributed by atoms with Crippen molar-refractivity contribution in [2.24, 2.45) is 0 Å². The van der Waals surface area contributed by atoms with E-state index in [-0.39, 0.29) is 28.6 Å². The number of hydrogen-bond acceptors (Lipinski definition) is 10. The van der Waals surface area contributed by atoms with Gasteiger partial charge in [-0.3, -0.25) is 19.2 Å². The second-order valence-electron chi connectivity index (χ2n) is 6.85. The van der Waals surface area contributed by atoms with Crippen molar-refractivity contribution in [2.75, 3.05) is 7.11 Å². The Morgan fingerprint density at radius 2 is 1.62 bits per heavy atom. The van der Waals surface area contributed by atoms with Crippen LogP contribution >= 0.6 is 0 Å². The molecule has 0 aliphatic carbocycles. The van der Waals surface area contributed by atoms with Gasteiger partial charge < -0.3 is 28.8 Å². The lowest BCUT2D eigenvalue weighted by Crippen LogP contribution is -2.39. The average molecular weight is 444 g/mol. The fourth-order valence-corrected chi connectivity index (χ4v) is 3.26. The second kappa shape index (κ2) is 8.96. The summed E-state index contributed by atoms with van der Waals surface area (Å²) in [6, 6.07) is 6.78. The summed E-state index contributed by atoms with van der Waals surface area (Å²) in [5.74, 6) is -2.91. The number of benzene rings is 2. The molecule has 2 aromatic rings. The number of carbonyl (C=O) groups excluding carboxylic acids is 4. The van der Waals surface area contributed by atoms with Crippen LogP contribution in [0.15, 0.2) is 30.3 Å². The van der Waals surface area contributed by atoms with E-state index in [1.165, 1.54) is 45.2 Å². The van der Waals surface area contributed by atoms with Gasteiger partial charge >= 0.3 is 17.9 Å². The molecule has 0 spiro atoms.